The highest BCUT2D eigenvalue weighted by atomic mass is 16.5. The van der Waals surface area contributed by atoms with Crippen LogP contribution in [0.2, 0.25) is 0 Å². The van der Waals surface area contributed by atoms with Crippen molar-refractivity contribution in [2.75, 3.05) is 25.1 Å². The maximum Gasteiger partial charge on any atom is 0.325 e. The second kappa shape index (κ2) is 7.45. The molecule has 150 valence electrons. The topological polar surface area (TPSA) is 79.0 Å². The molecule has 0 atom stereocenters. The Balaban J connectivity index is 1.43. The van der Waals surface area contributed by atoms with Crippen LogP contribution in [0.4, 0.5) is 10.5 Å². The van der Waals surface area contributed by atoms with Crippen LogP contribution in [0.5, 0.6) is 5.75 Å². The Hall–Kier alpha value is -2.57. The number of hydrogen-bond donors (Lipinski definition) is 1. The van der Waals surface area contributed by atoms with Crippen LogP contribution in [-0.4, -0.2) is 48.5 Å². The molecule has 0 radical (unpaired) electrons. The van der Waals surface area contributed by atoms with Crippen LogP contribution >= 0.6 is 0 Å². The minimum absolute atomic E-state index is 0.0590. The van der Waals surface area contributed by atoms with E-state index in [2.05, 4.69) is 5.32 Å². The highest BCUT2D eigenvalue weighted by Crippen LogP contribution is 2.34. The van der Waals surface area contributed by atoms with Crippen molar-refractivity contribution < 1.29 is 19.1 Å². The average Bonchev–Trinajstić information content (AvgIpc) is 2.94. The summed E-state index contributed by atoms with van der Waals surface area (Å²) in [5.41, 5.74) is 1.26. The van der Waals surface area contributed by atoms with E-state index in [-0.39, 0.29) is 30.8 Å². The number of carbonyl (C=O) groups is 3. The molecular formula is C21H27N3O4. The highest BCUT2D eigenvalue weighted by molar-refractivity contribution is 6.07. The van der Waals surface area contributed by atoms with E-state index in [4.69, 9.17) is 4.74 Å². The second-order valence-corrected chi connectivity index (χ2v) is 7.92. The molecule has 3 aliphatic rings. The lowest BCUT2D eigenvalue weighted by Gasteiger charge is -2.31. The minimum Gasteiger partial charge on any atom is -0.497 e. The second-order valence-electron chi connectivity index (χ2n) is 7.92. The largest absolute Gasteiger partial charge is 0.497 e. The number of rotatable bonds is 4. The number of nitrogens with one attached hydrogen (secondary N) is 1. The third-order valence-electron chi connectivity index (χ3n) is 6.21. The molecular weight excluding hydrogens is 358 g/mol. The molecule has 7 nitrogen and oxygen atoms in total. The molecule has 0 aromatic heterocycles. The minimum atomic E-state index is -0.730. The van der Waals surface area contributed by atoms with Crippen molar-refractivity contribution in [1.29, 1.82) is 0 Å². The van der Waals surface area contributed by atoms with Crippen LogP contribution in [0.1, 0.15) is 50.5 Å². The number of amides is 4. The summed E-state index contributed by atoms with van der Waals surface area (Å²) in [6.07, 6.45) is 6.33. The van der Waals surface area contributed by atoms with Crippen LogP contribution in [0, 0.1) is 0 Å². The number of methoxy groups -OCH3 is 1. The first-order valence-electron chi connectivity index (χ1n) is 10.2. The normalized spacial score (nSPS) is 20.9. The molecule has 0 bridgehead atoms. The molecule has 1 saturated carbocycles. The number of hydrogen-bond acceptors (Lipinski definition) is 4. The van der Waals surface area contributed by atoms with E-state index < -0.39 is 5.54 Å². The van der Waals surface area contributed by atoms with Gasteiger partial charge in [0.2, 0.25) is 5.91 Å². The Kier molecular flexibility index (Phi) is 5.00. The zero-order valence-corrected chi connectivity index (χ0v) is 16.3. The Labute approximate surface area is 165 Å². The third-order valence-corrected chi connectivity index (χ3v) is 6.21. The van der Waals surface area contributed by atoms with Crippen molar-refractivity contribution in [2.24, 2.45) is 0 Å². The Morgan fingerprint density at radius 3 is 2.71 bits per heavy atom. The highest BCUT2D eigenvalue weighted by Gasteiger charge is 2.51. The van der Waals surface area contributed by atoms with Crippen molar-refractivity contribution >= 4 is 23.5 Å². The van der Waals surface area contributed by atoms with Crippen molar-refractivity contribution in [1.82, 2.24) is 10.2 Å². The summed E-state index contributed by atoms with van der Waals surface area (Å²) in [6, 6.07) is 5.38. The van der Waals surface area contributed by atoms with Gasteiger partial charge < -0.3 is 15.0 Å². The van der Waals surface area contributed by atoms with Gasteiger partial charge in [-0.1, -0.05) is 19.3 Å². The molecule has 1 saturated heterocycles. The average molecular weight is 385 g/mol. The molecule has 7 heteroatoms. The monoisotopic (exact) mass is 385 g/mol. The number of aryl methyl sites for hydroxylation is 1. The van der Waals surface area contributed by atoms with Gasteiger partial charge in [-0.2, -0.15) is 0 Å². The van der Waals surface area contributed by atoms with Crippen LogP contribution in [0.3, 0.4) is 0 Å². The molecule has 0 unspecified atom stereocenters. The summed E-state index contributed by atoms with van der Waals surface area (Å²) in [6.45, 7) is 0.787. The number of imide groups is 1. The lowest BCUT2D eigenvalue weighted by Crippen LogP contribution is -2.48. The molecule has 2 heterocycles. The Bertz CT molecular complexity index is 801. The van der Waals surface area contributed by atoms with Gasteiger partial charge in [-0.25, -0.2) is 4.79 Å². The van der Waals surface area contributed by atoms with Crippen LogP contribution < -0.4 is 15.0 Å². The number of fused-ring (bicyclic) bond motifs is 1. The maximum absolute atomic E-state index is 12.9. The molecule has 4 rings (SSSR count). The van der Waals surface area contributed by atoms with Crippen molar-refractivity contribution in [3.63, 3.8) is 0 Å². The zero-order chi connectivity index (χ0) is 19.7. The summed E-state index contributed by atoms with van der Waals surface area (Å²) in [7, 11) is 1.63. The van der Waals surface area contributed by atoms with E-state index in [0.717, 1.165) is 49.1 Å². The molecule has 1 aromatic carbocycles. The van der Waals surface area contributed by atoms with Gasteiger partial charge in [-0.05, 0) is 49.4 Å². The van der Waals surface area contributed by atoms with E-state index in [0.29, 0.717) is 19.4 Å². The van der Waals surface area contributed by atoms with E-state index in [9.17, 15) is 14.4 Å². The summed E-state index contributed by atoms with van der Waals surface area (Å²) < 4.78 is 5.28. The molecule has 28 heavy (non-hydrogen) atoms. The van der Waals surface area contributed by atoms with Crippen LogP contribution in [-0.2, 0) is 16.0 Å². The molecule has 4 amide bonds. The summed E-state index contributed by atoms with van der Waals surface area (Å²) in [5.74, 6) is 0.565. The first-order valence-corrected chi connectivity index (χ1v) is 10.2. The van der Waals surface area contributed by atoms with Gasteiger partial charge in [0.1, 0.15) is 11.3 Å². The molecule has 1 N–H and O–H groups in total. The Morgan fingerprint density at radius 1 is 1.18 bits per heavy atom. The summed E-state index contributed by atoms with van der Waals surface area (Å²) in [5, 5.41) is 2.90. The van der Waals surface area contributed by atoms with Crippen molar-refractivity contribution in [3.05, 3.63) is 23.8 Å². The van der Waals surface area contributed by atoms with Crippen molar-refractivity contribution in [2.45, 2.75) is 56.9 Å². The SMILES string of the molecule is COc1ccc2c(c1)CCCN2C(=O)CCN1C(=O)NC2(CCCCC2)C1=O. The smallest absolute Gasteiger partial charge is 0.325 e. The van der Waals surface area contributed by atoms with Gasteiger partial charge in [-0.15, -0.1) is 0 Å². The quantitative estimate of drug-likeness (QED) is 0.808. The van der Waals surface area contributed by atoms with Gasteiger partial charge in [0.25, 0.3) is 5.91 Å². The van der Waals surface area contributed by atoms with Gasteiger partial charge in [0, 0.05) is 25.2 Å². The fourth-order valence-electron chi connectivity index (χ4n) is 4.68. The molecule has 2 aliphatic heterocycles. The third kappa shape index (κ3) is 3.23. The van der Waals surface area contributed by atoms with E-state index in [1.807, 2.05) is 18.2 Å². The lowest BCUT2D eigenvalue weighted by atomic mass is 9.82. The van der Waals surface area contributed by atoms with E-state index in [1.165, 1.54) is 4.90 Å². The summed E-state index contributed by atoms with van der Waals surface area (Å²) in [4.78, 5) is 41.1. The van der Waals surface area contributed by atoms with Gasteiger partial charge in [0.05, 0.1) is 7.11 Å². The number of urea groups is 1. The van der Waals surface area contributed by atoms with Gasteiger partial charge >= 0.3 is 6.03 Å². The van der Waals surface area contributed by atoms with E-state index in [1.54, 1.807) is 12.0 Å². The number of benzene rings is 1. The lowest BCUT2D eigenvalue weighted by molar-refractivity contribution is -0.132. The first kappa shape index (κ1) is 18.8. The number of ether oxygens (including phenoxy) is 1. The fourth-order valence-corrected chi connectivity index (χ4v) is 4.68. The van der Waals surface area contributed by atoms with Crippen LogP contribution in [0.25, 0.3) is 0 Å². The molecule has 1 aromatic rings. The predicted octanol–water partition coefficient (Wildman–Crippen LogP) is 2.62. The Morgan fingerprint density at radius 2 is 1.96 bits per heavy atom. The number of nitrogens with zero attached hydrogens (tertiary/aromatic N) is 2. The van der Waals surface area contributed by atoms with E-state index >= 15 is 0 Å². The van der Waals surface area contributed by atoms with Crippen molar-refractivity contribution in [3.8, 4) is 5.75 Å². The zero-order valence-electron chi connectivity index (χ0n) is 16.3. The maximum atomic E-state index is 12.9. The first-order chi connectivity index (χ1) is 13.5. The van der Waals surface area contributed by atoms with Gasteiger partial charge in [-0.3, -0.25) is 14.5 Å². The summed E-state index contributed by atoms with van der Waals surface area (Å²) >= 11 is 0. The number of anilines is 1. The number of carbonyl (C=O) groups excluding carboxylic acids is 3. The molecule has 2 fully saturated rings. The standard InChI is InChI=1S/C21H27N3O4/c1-28-16-7-8-17-15(14-16)6-5-12-23(17)18(25)9-13-24-19(26)21(22-20(24)27)10-3-2-4-11-21/h7-8,14H,2-6,9-13H2,1H3,(H,22,27). The van der Waals surface area contributed by atoms with Crippen LogP contribution in [0.15, 0.2) is 18.2 Å². The van der Waals surface area contributed by atoms with Gasteiger partial charge in [0.15, 0.2) is 0 Å². The predicted molar refractivity (Wildman–Crippen MR) is 104 cm³/mol. The molecule has 1 spiro atoms. The molecule has 1 aliphatic carbocycles. The fraction of sp³-hybridized carbons (Fsp3) is 0.571.